The van der Waals surface area contributed by atoms with E-state index < -0.39 is 11.8 Å². The number of piperidine rings is 1. The van der Waals surface area contributed by atoms with Gasteiger partial charge in [-0.2, -0.15) is 0 Å². The second kappa shape index (κ2) is 9.06. The number of halogens is 3. The van der Waals surface area contributed by atoms with Crippen molar-refractivity contribution < 1.29 is 13.6 Å². The molecule has 0 bridgehead atoms. The van der Waals surface area contributed by atoms with Crippen molar-refractivity contribution in [1.82, 2.24) is 14.9 Å². The molecule has 176 valence electrons. The highest BCUT2D eigenvalue weighted by atomic mass is 35.5. The molecule has 5 rings (SSSR count). The van der Waals surface area contributed by atoms with Crippen LogP contribution in [-0.4, -0.2) is 40.0 Å². The van der Waals surface area contributed by atoms with Gasteiger partial charge in [-0.05, 0) is 67.5 Å². The van der Waals surface area contributed by atoms with E-state index in [0.717, 1.165) is 28.7 Å². The topological polar surface area (TPSA) is 46.1 Å². The van der Waals surface area contributed by atoms with Crippen LogP contribution in [-0.2, 0) is 5.67 Å². The number of likely N-dealkylation sites (tertiary alicyclic amines) is 1. The summed E-state index contributed by atoms with van der Waals surface area (Å²) in [6.07, 6.45) is 6.59. The molecule has 0 N–H and O–H groups in total. The number of nitrogens with zero attached hydrogens (tertiary/aromatic N) is 3. The number of alkyl halides is 2. The van der Waals surface area contributed by atoms with E-state index in [-0.39, 0.29) is 18.4 Å². The Bertz CT molecular complexity index is 1230. The number of benzene rings is 1. The number of carbonyl (C=O) groups excluding carboxylic acids is 1. The fraction of sp³-hybridized carbons (Fsp3) is 0.370. The molecule has 2 aromatic heterocycles. The van der Waals surface area contributed by atoms with E-state index in [9.17, 15) is 13.6 Å². The highest BCUT2D eigenvalue weighted by Crippen LogP contribution is 2.44. The molecule has 4 nitrogen and oxygen atoms in total. The number of hydrogen-bond acceptors (Lipinski definition) is 3. The van der Waals surface area contributed by atoms with Gasteiger partial charge >= 0.3 is 0 Å². The SMILES string of the molecule is C[C@H]1CCN(C(=O)c2ccc(-c3cncc(-c4ccnc(C5(F)CCC5)c4)c3)c(Cl)c2)C[C@@H]1F. The molecule has 2 fully saturated rings. The zero-order chi connectivity index (χ0) is 23.9. The molecule has 34 heavy (non-hydrogen) atoms. The van der Waals surface area contributed by atoms with Gasteiger partial charge in [-0.15, -0.1) is 0 Å². The van der Waals surface area contributed by atoms with Crippen LogP contribution in [0.2, 0.25) is 5.02 Å². The minimum Gasteiger partial charge on any atom is -0.336 e. The predicted molar refractivity (Wildman–Crippen MR) is 129 cm³/mol. The molecule has 3 heterocycles. The molecular formula is C27H26ClF2N3O. The van der Waals surface area contributed by atoms with E-state index in [0.29, 0.717) is 42.1 Å². The molecule has 2 aliphatic rings. The molecule has 2 atom stereocenters. The number of rotatable bonds is 4. The Balaban J connectivity index is 1.39. The highest BCUT2D eigenvalue weighted by molar-refractivity contribution is 6.33. The Labute approximate surface area is 203 Å². The van der Waals surface area contributed by atoms with E-state index in [2.05, 4.69) is 9.97 Å². The zero-order valence-corrected chi connectivity index (χ0v) is 19.7. The van der Waals surface area contributed by atoms with Crippen molar-refractivity contribution in [2.24, 2.45) is 5.92 Å². The van der Waals surface area contributed by atoms with Crippen molar-refractivity contribution in [3.63, 3.8) is 0 Å². The maximum atomic E-state index is 14.9. The third-order valence-electron chi connectivity index (χ3n) is 7.12. The van der Waals surface area contributed by atoms with Crippen LogP contribution in [0.3, 0.4) is 0 Å². The Kier molecular flexibility index (Phi) is 6.11. The average molecular weight is 482 g/mol. The summed E-state index contributed by atoms with van der Waals surface area (Å²) >= 11 is 6.58. The number of aromatic nitrogens is 2. The lowest BCUT2D eigenvalue weighted by Gasteiger charge is -2.33. The first-order valence-corrected chi connectivity index (χ1v) is 12.1. The summed E-state index contributed by atoms with van der Waals surface area (Å²) in [4.78, 5) is 23.1. The van der Waals surface area contributed by atoms with Gasteiger partial charge in [-0.3, -0.25) is 14.8 Å². The monoisotopic (exact) mass is 481 g/mol. The van der Waals surface area contributed by atoms with E-state index in [1.807, 2.05) is 19.1 Å². The summed E-state index contributed by atoms with van der Waals surface area (Å²) in [5.74, 6) is -0.245. The van der Waals surface area contributed by atoms with Crippen LogP contribution in [0.5, 0.6) is 0 Å². The minimum atomic E-state index is -1.33. The molecular weight excluding hydrogens is 456 g/mol. The van der Waals surface area contributed by atoms with E-state index in [1.54, 1.807) is 47.8 Å². The molecule has 0 unspecified atom stereocenters. The highest BCUT2D eigenvalue weighted by Gasteiger charge is 2.40. The second-order valence-corrected chi connectivity index (χ2v) is 9.85. The Morgan fingerprint density at radius 2 is 1.91 bits per heavy atom. The van der Waals surface area contributed by atoms with Gasteiger partial charge in [0.2, 0.25) is 0 Å². The van der Waals surface area contributed by atoms with Gasteiger partial charge in [0.25, 0.3) is 5.91 Å². The standard InChI is InChI=1S/C27H26ClF2N3O/c1-17-6-10-33(16-24(17)29)26(34)19-3-4-22(23(28)12-19)21-11-20(14-31-15-21)18-5-9-32-25(13-18)27(30)7-2-8-27/h3-5,9,11-15,17,24H,2,6-8,10,16H2,1H3/t17-,24-/m0/s1. The maximum Gasteiger partial charge on any atom is 0.254 e. The predicted octanol–water partition coefficient (Wildman–Crippen LogP) is 6.63. The van der Waals surface area contributed by atoms with Crippen molar-refractivity contribution in [3.8, 4) is 22.3 Å². The van der Waals surface area contributed by atoms with Gasteiger partial charge in [0.15, 0.2) is 5.67 Å². The molecule has 1 amide bonds. The molecule has 3 aromatic rings. The number of hydrogen-bond donors (Lipinski definition) is 0. The van der Waals surface area contributed by atoms with Crippen molar-refractivity contribution in [3.05, 3.63) is 71.3 Å². The lowest BCUT2D eigenvalue weighted by molar-refractivity contribution is 0.0540. The van der Waals surface area contributed by atoms with Gasteiger partial charge < -0.3 is 4.90 Å². The number of amides is 1. The Morgan fingerprint density at radius 1 is 1.12 bits per heavy atom. The quantitative estimate of drug-likeness (QED) is 0.420. The smallest absolute Gasteiger partial charge is 0.254 e. The van der Waals surface area contributed by atoms with Crippen LogP contribution in [0.15, 0.2) is 55.0 Å². The van der Waals surface area contributed by atoms with Gasteiger partial charge in [-0.25, -0.2) is 8.78 Å². The number of pyridine rings is 2. The summed E-state index contributed by atoms with van der Waals surface area (Å²) in [5.41, 5.74) is 2.76. The molecule has 1 saturated heterocycles. The van der Waals surface area contributed by atoms with Crippen LogP contribution >= 0.6 is 11.6 Å². The summed E-state index contributed by atoms with van der Waals surface area (Å²) in [6, 6.07) is 10.7. The third-order valence-corrected chi connectivity index (χ3v) is 7.43. The number of carbonyl (C=O) groups is 1. The summed E-state index contributed by atoms with van der Waals surface area (Å²) < 4.78 is 29.0. The summed E-state index contributed by atoms with van der Waals surface area (Å²) in [7, 11) is 0. The first-order chi connectivity index (χ1) is 16.3. The van der Waals surface area contributed by atoms with Crippen molar-refractivity contribution >= 4 is 17.5 Å². The van der Waals surface area contributed by atoms with E-state index in [4.69, 9.17) is 11.6 Å². The van der Waals surface area contributed by atoms with Crippen LogP contribution in [0.1, 0.15) is 48.7 Å². The lowest BCUT2D eigenvalue weighted by Crippen LogP contribution is -2.44. The largest absolute Gasteiger partial charge is 0.336 e. The van der Waals surface area contributed by atoms with Crippen LogP contribution in [0.4, 0.5) is 8.78 Å². The van der Waals surface area contributed by atoms with Gasteiger partial charge in [0, 0.05) is 52.4 Å². The average Bonchev–Trinajstić information content (AvgIpc) is 2.84. The fourth-order valence-corrected chi connectivity index (χ4v) is 4.90. The zero-order valence-electron chi connectivity index (χ0n) is 19.0. The van der Waals surface area contributed by atoms with E-state index in [1.165, 1.54) is 0 Å². The van der Waals surface area contributed by atoms with Crippen molar-refractivity contribution in [1.29, 1.82) is 0 Å². The van der Waals surface area contributed by atoms with Gasteiger partial charge in [-0.1, -0.05) is 24.6 Å². The maximum absolute atomic E-state index is 14.9. The third kappa shape index (κ3) is 4.31. The van der Waals surface area contributed by atoms with Gasteiger partial charge in [0.05, 0.1) is 12.2 Å². The molecule has 0 spiro atoms. The fourth-order valence-electron chi connectivity index (χ4n) is 4.61. The van der Waals surface area contributed by atoms with Crippen LogP contribution in [0, 0.1) is 5.92 Å². The van der Waals surface area contributed by atoms with Crippen LogP contribution in [0.25, 0.3) is 22.3 Å². The Morgan fingerprint density at radius 3 is 2.62 bits per heavy atom. The van der Waals surface area contributed by atoms with Gasteiger partial charge in [0.1, 0.15) is 6.17 Å². The van der Waals surface area contributed by atoms with Crippen molar-refractivity contribution in [2.45, 2.75) is 44.4 Å². The summed E-state index contributed by atoms with van der Waals surface area (Å²) in [6.45, 7) is 2.52. The summed E-state index contributed by atoms with van der Waals surface area (Å²) in [5, 5.41) is 0.416. The molecule has 1 saturated carbocycles. The normalized spacial score (nSPS) is 21.7. The van der Waals surface area contributed by atoms with Crippen LogP contribution < -0.4 is 0 Å². The molecule has 1 aliphatic carbocycles. The first-order valence-electron chi connectivity index (χ1n) is 11.7. The molecule has 1 aromatic carbocycles. The molecule has 7 heteroatoms. The second-order valence-electron chi connectivity index (χ2n) is 9.44. The van der Waals surface area contributed by atoms with Crippen molar-refractivity contribution in [2.75, 3.05) is 13.1 Å². The first kappa shape index (κ1) is 22.9. The lowest BCUT2D eigenvalue weighted by atomic mass is 9.79. The molecule has 1 aliphatic heterocycles. The minimum absolute atomic E-state index is 0.0320. The van der Waals surface area contributed by atoms with E-state index >= 15 is 0 Å². The molecule has 0 radical (unpaired) electrons. The Hall–Kier alpha value is -2.86.